The summed E-state index contributed by atoms with van der Waals surface area (Å²) in [7, 11) is 3.63. The van der Waals surface area contributed by atoms with Crippen LogP contribution in [-0.2, 0) is 20.4 Å². The molecule has 0 bridgehead atoms. The minimum absolute atomic E-state index is 0.0244. The number of halogens is 4. The van der Waals surface area contributed by atoms with Crippen molar-refractivity contribution in [3.63, 3.8) is 0 Å². The van der Waals surface area contributed by atoms with Gasteiger partial charge in [0.25, 0.3) is 0 Å². The number of aromatic nitrogens is 3. The number of rotatable bonds is 11. The van der Waals surface area contributed by atoms with Crippen molar-refractivity contribution >= 4 is 22.8 Å². The van der Waals surface area contributed by atoms with Crippen molar-refractivity contribution in [2.24, 2.45) is 5.41 Å². The molecule has 8 nitrogen and oxygen atoms in total. The molecule has 1 aliphatic carbocycles. The Morgan fingerprint density at radius 3 is 2.42 bits per heavy atom. The van der Waals surface area contributed by atoms with Gasteiger partial charge in [0.05, 0.1) is 36.7 Å². The van der Waals surface area contributed by atoms with Crippen LogP contribution in [-0.4, -0.2) is 79.4 Å². The van der Waals surface area contributed by atoms with Crippen LogP contribution in [0.5, 0.6) is 0 Å². The largest absolute Gasteiger partial charge is 0.465 e. The topological polar surface area (TPSA) is 83.6 Å². The molecular formula is C36H41F4N5O3. The van der Waals surface area contributed by atoms with E-state index in [2.05, 4.69) is 31.9 Å². The third kappa shape index (κ3) is 7.34. The van der Waals surface area contributed by atoms with E-state index in [4.69, 9.17) is 14.5 Å². The van der Waals surface area contributed by atoms with Crippen molar-refractivity contribution in [2.75, 3.05) is 58.5 Å². The number of alkyl halides is 3. The molecule has 0 radical (unpaired) electrons. The number of nitrogens with one attached hydrogen (secondary N) is 1. The molecule has 6 rings (SSSR count). The standard InChI is InChI=1S/C36H41F4N5O3/c1-4-48-31(46)20-45-14-10-24(11-15-45)23-6-8-25(9-7-23)33-42-32-30(44(2)21-35(22-47-3)12-5-13-35)19-29(41-34(32)43-33)26-16-27(36(38,39)40)18-28(37)17-26/h6-9,16-19,24H,4-5,10-15,20-22H2,1-3H3,(H,41,42,43). The number of nitrogens with zero attached hydrogens (tertiary/aromatic N) is 4. The minimum Gasteiger partial charge on any atom is -0.465 e. The van der Waals surface area contributed by atoms with E-state index in [1.807, 2.05) is 26.1 Å². The van der Waals surface area contributed by atoms with Gasteiger partial charge in [0.15, 0.2) is 5.65 Å². The first-order valence-electron chi connectivity index (χ1n) is 16.4. The van der Waals surface area contributed by atoms with Gasteiger partial charge in [-0.25, -0.2) is 14.4 Å². The molecule has 12 heteroatoms. The van der Waals surface area contributed by atoms with E-state index in [1.165, 1.54) is 5.56 Å². The highest BCUT2D eigenvalue weighted by Gasteiger charge is 2.38. The van der Waals surface area contributed by atoms with Crippen molar-refractivity contribution in [1.82, 2.24) is 19.9 Å². The quantitative estimate of drug-likeness (QED) is 0.132. The van der Waals surface area contributed by atoms with Gasteiger partial charge in [-0.15, -0.1) is 0 Å². The summed E-state index contributed by atoms with van der Waals surface area (Å²) in [5, 5.41) is 0. The maximum Gasteiger partial charge on any atom is 0.416 e. The molecule has 3 heterocycles. The number of hydrogen-bond acceptors (Lipinski definition) is 7. The van der Waals surface area contributed by atoms with Gasteiger partial charge in [0.1, 0.15) is 17.2 Å². The number of ether oxygens (including phenoxy) is 2. The lowest BCUT2D eigenvalue weighted by atomic mass is 9.69. The summed E-state index contributed by atoms with van der Waals surface area (Å²) in [4.78, 5) is 28.9. The van der Waals surface area contributed by atoms with Gasteiger partial charge in [0.2, 0.25) is 0 Å². The van der Waals surface area contributed by atoms with Crippen LogP contribution >= 0.6 is 0 Å². The Hall–Kier alpha value is -4.03. The van der Waals surface area contributed by atoms with Gasteiger partial charge in [0, 0.05) is 37.2 Å². The second-order valence-corrected chi connectivity index (χ2v) is 13.2. The van der Waals surface area contributed by atoms with Gasteiger partial charge in [-0.3, -0.25) is 9.69 Å². The van der Waals surface area contributed by atoms with Gasteiger partial charge in [-0.05, 0) is 81.4 Å². The van der Waals surface area contributed by atoms with Crippen LogP contribution in [0.25, 0.3) is 33.8 Å². The van der Waals surface area contributed by atoms with Crippen LogP contribution in [0.4, 0.5) is 23.2 Å². The molecule has 2 aromatic carbocycles. The zero-order valence-electron chi connectivity index (χ0n) is 27.5. The number of anilines is 1. The first-order chi connectivity index (χ1) is 23.0. The zero-order chi connectivity index (χ0) is 34.1. The van der Waals surface area contributed by atoms with Gasteiger partial charge in [-0.1, -0.05) is 30.7 Å². The van der Waals surface area contributed by atoms with Crippen LogP contribution in [0, 0.1) is 11.2 Å². The number of pyridine rings is 1. The predicted molar refractivity (Wildman–Crippen MR) is 176 cm³/mol. The number of esters is 1. The van der Waals surface area contributed by atoms with E-state index in [9.17, 15) is 22.4 Å². The molecule has 1 saturated carbocycles. The van der Waals surface area contributed by atoms with Crippen LogP contribution in [0.1, 0.15) is 56.1 Å². The van der Waals surface area contributed by atoms with Crippen molar-refractivity contribution in [3.8, 4) is 22.6 Å². The van der Waals surface area contributed by atoms with Crippen molar-refractivity contribution in [1.29, 1.82) is 0 Å². The van der Waals surface area contributed by atoms with Crippen molar-refractivity contribution in [2.45, 2.75) is 51.1 Å². The summed E-state index contributed by atoms with van der Waals surface area (Å²) in [6.07, 6.45) is 0.294. The number of carbonyl (C=O) groups excluding carboxylic acids is 1. The van der Waals surface area contributed by atoms with Crippen LogP contribution in [0.3, 0.4) is 0 Å². The summed E-state index contributed by atoms with van der Waals surface area (Å²) in [6.45, 7) is 5.41. The third-order valence-electron chi connectivity index (χ3n) is 9.71. The minimum atomic E-state index is -4.71. The number of likely N-dealkylation sites (tertiary alicyclic amines) is 1. The second kappa shape index (κ2) is 13.8. The first-order valence-corrected chi connectivity index (χ1v) is 16.4. The van der Waals surface area contributed by atoms with Crippen molar-refractivity contribution < 1.29 is 31.8 Å². The maximum atomic E-state index is 14.5. The Morgan fingerprint density at radius 2 is 1.79 bits per heavy atom. The molecule has 4 aromatic rings. The number of imidazole rings is 1. The maximum absolute atomic E-state index is 14.5. The van der Waals surface area contributed by atoms with Crippen LogP contribution < -0.4 is 4.90 Å². The number of benzene rings is 2. The van der Waals surface area contributed by atoms with Crippen molar-refractivity contribution in [3.05, 3.63) is 65.5 Å². The lowest BCUT2D eigenvalue weighted by Gasteiger charge is -2.44. The van der Waals surface area contributed by atoms with E-state index >= 15 is 0 Å². The average molecular weight is 668 g/mol. The fourth-order valence-electron chi connectivity index (χ4n) is 7.10. The van der Waals surface area contributed by atoms with Crippen LogP contribution in [0.2, 0.25) is 0 Å². The molecule has 0 atom stereocenters. The average Bonchev–Trinajstić information content (AvgIpc) is 3.47. The van der Waals surface area contributed by atoms with Gasteiger partial charge in [-0.2, -0.15) is 13.2 Å². The Morgan fingerprint density at radius 1 is 1.06 bits per heavy atom. The number of aromatic amines is 1. The highest BCUT2D eigenvalue weighted by atomic mass is 19.4. The highest BCUT2D eigenvalue weighted by molar-refractivity contribution is 5.91. The Labute approximate surface area is 277 Å². The van der Waals surface area contributed by atoms with E-state index < -0.39 is 17.6 Å². The Kier molecular flexibility index (Phi) is 9.76. The Balaban J connectivity index is 1.30. The summed E-state index contributed by atoms with van der Waals surface area (Å²) < 4.78 is 65.9. The SMILES string of the molecule is CCOC(=O)CN1CCC(c2ccc(-c3nc4nc(-c5cc(F)cc(C(F)(F)F)c5)cc(N(C)CC5(COC)CCC5)c4[nH]3)cc2)CC1. The number of methoxy groups -OCH3 is 1. The molecule has 1 aliphatic heterocycles. The number of H-pyrrole nitrogens is 1. The van der Waals surface area contributed by atoms with Crippen LogP contribution in [0.15, 0.2) is 48.5 Å². The smallest absolute Gasteiger partial charge is 0.416 e. The lowest BCUT2D eigenvalue weighted by molar-refractivity contribution is -0.144. The fraction of sp³-hybridized carbons (Fsp3) is 0.472. The molecule has 256 valence electrons. The molecule has 0 unspecified atom stereocenters. The number of piperidine rings is 1. The Bertz CT molecular complexity index is 1750. The summed E-state index contributed by atoms with van der Waals surface area (Å²) in [6, 6.07) is 12.4. The molecular weight excluding hydrogens is 626 g/mol. The van der Waals surface area contributed by atoms with Gasteiger partial charge < -0.3 is 19.4 Å². The summed E-state index contributed by atoms with van der Waals surface area (Å²) in [5.74, 6) is -0.235. The predicted octanol–water partition coefficient (Wildman–Crippen LogP) is 7.45. The van der Waals surface area contributed by atoms with E-state index in [1.54, 1.807) is 13.2 Å². The highest BCUT2D eigenvalue weighted by Crippen LogP contribution is 2.43. The summed E-state index contributed by atoms with van der Waals surface area (Å²) in [5.41, 5.74) is 2.85. The van der Waals surface area contributed by atoms with E-state index in [0.29, 0.717) is 61.0 Å². The zero-order valence-corrected chi connectivity index (χ0v) is 27.5. The molecule has 2 aromatic heterocycles. The number of carbonyl (C=O) groups is 1. The lowest BCUT2D eigenvalue weighted by Crippen LogP contribution is -2.44. The monoisotopic (exact) mass is 667 g/mol. The third-order valence-corrected chi connectivity index (χ3v) is 9.71. The fourth-order valence-corrected chi connectivity index (χ4v) is 7.10. The molecule has 0 spiro atoms. The first kappa shape index (κ1) is 33.9. The molecule has 0 amide bonds. The second-order valence-electron chi connectivity index (χ2n) is 13.2. The molecule has 2 aliphatic rings. The molecule has 48 heavy (non-hydrogen) atoms. The normalized spacial score (nSPS) is 17.0. The van der Waals surface area contributed by atoms with Gasteiger partial charge >= 0.3 is 12.1 Å². The molecule has 2 fully saturated rings. The van der Waals surface area contributed by atoms with E-state index in [-0.39, 0.29) is 22.6 Å². The molecule has 1 N–H and O–H groups in total. The summed E-state index contributed by atoms with van der Waals surface area (Å²) >= 11 is 0. The molecule has 1 saturated heterocycles. The number of hydrogen-bond donors (Lipinski definition) is 1. The number of fused-ring (bicyclic) bond motifs is 1. The van der Waals surface area contributed by atoms with E-state index in [0.717, 1.165) is 62.9 Å².